The molecule has 5 unspecified atom stereocenters. The van der Waals surface area contributed by atoms with Crippen LogP contribution in [0.3, 0.4) is 0 Å². The van der Waals surface area contributed by atoms with Crippen LogP contribution in [0.1, 0.15) is 42.5 Å². The molecule has 2 aromatic rings. The summed E-state index contributed by atoms with van der Waals surface area (Å²) in [6.07, 6.45) is 6.05. The number of benzene rings is 2. The summed E-state index contributed by atoms with van der Waals surface area (Å²) in [5, 5.41) is 3.37. The smallest absolute Gasteiger partial charge is 0.264 e. The Morgan fingerprint density at radius 2 is 1.78 bits per heavy atom. The Kier molecular flexibility index (Phi) is 5.45. The fraction of sp³-hybridized carbons (Fsp3) is 0.458. The van der Waals surface area contributed by atoms with Crippen LogP contribution in [0.2, 0.25) is 5.02 Å². The summed E-state index contributed by atoms with van der Waals surface area (Å²) < 4.78 is 40.6. The summed E-state index contributed by atoms with van der Waals surface area (Å²) >= 11 is 6.30. The number of anilines is 1. The molecule has 32 heavy (non-hydrogen) atoms. The van der Waals surface area contributed by atoms with Gasteiger partial charge >= 0.3 is 0 Å². The van der Waals surface area contributed by atoms with Gasteiger partial charge in [-0.25, -0.2) is 12.8 Å². The normalized spacial score (nSPS) is 28.5. The lowest BCUT2D eigenvalue weighted by atomic mass is 9.79. The summed E-state index contributed by atoms with van der Waals surface area (Å²) in [5.74, 6) is 1.98. The molecule has 2 aromatic carbocycles. The van der Waals surface area contributed by atoms with Crippen molar-refractivity contribution in [2.24, 2.45) is 23.7 Å². The summed E-state index contributed by atoms with van der Waals surface area (Å²) in [5.41, 5.74) is 0.478. The highest BCUT2D eigenvalue weighted by Gasteiger charge is 2.54. The average molecular weight is 477 g/mol. The summed E-state index contributed by atoms with van der Waals surface area (Å²) in [6, 6.07) is 9.47. The number of nitrogens with one attached hydrogen (secondary N) is 1. The molecular formula is C24H26ClFN2O3S. The zero-order chi connectivity index (χ0) is 22.6. The van der Waals surface area contributed by atoms with Crippen LogP contribution in [0, 0.1) is 29.5 Å². The van der Waals surface area contributed by atoms with E-state index in [9.17, 15) is 17.6 Å². The van der Waals surface area contributed by atoms with E-state index in [1.165, 1.54) is 75.2 Å². The van der Waals surface area contributed by atoms with E-state index in [4.69, 9.17) is 11.6 Å². The molecule has 170 valence electrons. The molecule has 2 bridgehead atoms. The molecule has 3 fully saturated rings. The molecule has 5 rings (SSSR count). The van der Waals surface area contributed by atoms with Gasteiger partial charge in [0.05, 0.1) is 21.2 Å². The van der Waals surface area contributed by atoms with E-state index in [1.807, 2.05) is 0 Å². The van der Waals surface area contributed by atoms with Crippen molar-refractivity contribution < 1.29 is 17.6 Å². The van der Waals surface area contributed by atoms with Crippen LogP contribution >= 0.6 is 11.6 Å². The lowest BCUT2D eigenvalue weighted by Gasteiger charge is -2.32. The van der Waals surface area contributed by atoms with Crippen molar-refractivity contribution in [1.29, 1.82) is 0 Å². The van der Waals surface area contributed by atoms with Gasteiger partial charge in [-0.2, -0.15) is 0 Å². The fourth-order valence-electron chi connectivity index (χ4n) is 6.27. The molecule has 3 aliphatic rings. The second-order valence-corrected chi connectivity index (χ2v) is 11.7. The third-order valence-corrected chi connectivity index (χ3v) is 9.89. The molecule has 0 aromatic heterocycles. The molecule has 0 spiro atoms. The monoisotopic (exact) mass is 476 g/mol. The summed E-state index contributed by atoms with van der Waals surface area (Å²) in [4.78, 5) is 13.1. The van der Waals surface area contributed by atoms with Gasteiger partial charge in [-0.3, -0.25) is 9.10 Å². The van der Waals surface area contributed by atoms with Crippen LogP contribution in [-0.2, 0) is 10.0 Å². The van der Waals surface area contributed by atoms with Crippen LogP contribution in [-0.4, -0.2) is 27.4 Å². The SMILES string of the molecule is CN(c1ccc(F)cc1)S(=O)(=O)c1ccc(Cl)c(C(=O)NC2CC3CC2C2CCCC32)c1. The van der Waals surface area contributed by atoms with Crippen LogP contribution in [0.4, 0.5) is 10.1 Å². The molecule has 0 saturated heterocycles. The van der Waals surface area contributed by atoms with E-state index in [0.717, 1.165) is 16.6 Å². The van der Waals surface area contributed by atoms with Gasteiger partial charge in [0.2, 0.25) is 0 Å². The maximum absolute atomic E-state index is 13.2. The van der Waals surface area contributed by atoms with E-state index < -0.39 is 15.8 Å². The van der Waals surface area contributed by atoms with Crippen molar-refractivity contribution in [1.82, 2.24) is 5.32 Å². The zero-order valence-electron chi connectivity index (χ0n) is 17.8. The van der Waals surface area contributed by atoms with Crippen LogP contribution in [0.25, 0.3) is 0 Å². The third kappa shape index (κ3) is 3.59. The van der Waals surface area contributed by atoms with E-state index >= 15 is 0 Å². The Hall–Kier alpha value is -2.12. The van der Waals surface area contributed by atoms with Gasteiger partial charge in [0, 0.05) is 13.1 Å². The predicted molar refractivity (Wildman–Crippen MR) is 122 cm³/mol. The summed E-state index contributed by atoms with van der Waals surface area (Å²) in [6.45, 7) is 0. The summed E-state index contributed by atoms with van der Waals surface area (Å²) in [7, 11) is -2.56. The van der Waals surface area contributed by atoms with Crippen molar-refractivity contribution in [3.8, 4) is 0 Å². The van der Waals surface area contributed by atoms with E-state index in [2.05, 4.69) is 5.32 Å². The van der Waals surface area contributed by atoms with E-state index in [-0.39, 0.29) is 27.4 Å². The van der Waals surface area contributed by atoms with Gasteiger partial charge in [-0.15, -0.1) is 0 Å². The zero-order valence-corrected chi connectivity index (χ0v) is 19.4. The highest BCUT2D eigenvalue weighted by atomic mass is 35.5. The van der Waals surface area contributed by atoms with Crippen LogP contribution in [0.15, 0.2) is 47.4 Å². The predicted octanol–water partition coefficient (Wildman–Crippen LogP) is 4.86. The Bertz CT molecular complexity index is 1150. The number of sulfonamides is 1. The lowest BCUT2D eigenvalue weighted by Crippen LogP contribution is -2.42. The first kappa shape index (κ1) is 21.7. The second kappa shape index (κ2) is 8.03. The molecule has 1 amide bonds. The number of fused-ring (bicyclic) bond motifs is 5. The van der Waals surface area contributed by atoms with Crippen LogP contribution < -0.4 is 9.62 Å². The maximum Gasteiger partial charge on any atom is 0.264 e. The number of amides is 1. The number of carbonyl (C=O) groups excluding carboxylic acids is 1. The first-order valence-electron chi connectivity index (χ1n) is 11.1. The van der Waals surface area contributed by atoms with Crippen LogP contribution in [0.5, 0.6) is 0 Å². The Labute approximate surface area is 193 Å². The molecule has 8 heteroatoms. The molecule has 3 aliphatic carbocycles. The number of nitrogens with zero attached hydrogens (tertiary/aromatic N) is 1. The van der Waals surface area contributed by atoms with Gasteiger partial charge in [0.25, 0.3) is 15.9 Å². The topological polar surface area (TPSA) is 66.5 Å². The number of carbonyl (C=O) groups is 1. The molecule has 5 atom stereocenters. The minimum absolute atomic E-state index is 0.0392. The quantitative estimate of drug-likeness (QED) is 0.670. The molecule has 1 N–H and O–H groups in total. The van der Waals surface area contributed by atoms with Crippen molar-refractivity contribution in [2.75, 3.05) is 11.4 Å². The number of rotatable bonds is 5. The standard InChI is InChI=1S/C24H26ClFN2O3S/c1-28(16-7-5-15(26)6-8-16)32(30,31)17-9-10-22(25)21(13-17)24(29)27-23-12-14-11-20(23)19-4-2-3-18(14)19/h5-10,13-14,18-20,23H,2-4,11-12H2,1H3,(H,27,29). The first-order chi connectivity index (χ1) is 15.3. The van der Waals surface area contributed by atoms with Gasteiger partial charge in [-0.1, -0.05) is 18.0 Å². The molecule has 0 heterocycles. The number of hydrogen-bond donors (Lipinski definition) is 1. The van der Waals surface area contributed by atoms with E-state index in [1.54, 1.807) is 0 Å². The highest BCUT2D eigenvalue weighted by molar-refractivity contribution is 7.92. The minimum atomic E-state index is -3.95. The van der Waals surface area contributed by atoms with Crippen molar-refractivity contribution in [2.45, 2.75) is 43.0 Å². The van der Waals surface area contributed by atoms with Crippen molar-refractivity contribution in [3.63, 3.8) is 0 Å². The Morgan fingerprint density at radius 1 is 1.06 bits per heavy atom. The third-order valence-electron chi connectivity index (χ3n) is 7.78. The Balaban J connectivity index is 1.36. The van der Waals surface area contributed by atoms with Gasteiger partial charge < -0.3 is 5.32 Å². The highest BCUT2D eigenvalue weighted by Crippen LogP contribution is 2.58. The molecular weight excluding hydrogens is 451 g/mol. The Morgan fingerprint density at radius 3 is 2.53 bits per heavy atom. The largest absolute Gasteiger partial charge is 0.349 e. The van der Waals surface area contributed by atoms with Crippen molar-refractivity contribution in [3.05, 3.63) is 58.9 Å². The average Bonchev–Trinajstić information content (AvgIpc) is 3.47. The van der Waals surface area contributed by atoms with Gasteiger partial charge in [0.15, 0.2) is 0 Å². The fourth-order valence-corrected chi connectivity index (χ4v) is 7.69. The molecule has 5 nitrogen and oxygen atoms in total. The first-order valence-corrected chi connectivity index (χ1v) is 12.9. The number of halogens is 2. The number of hydrogen-bond acceptors (Lipinski definition) is 3. The molecule has 0 radical (unpaired) electrons. The lowest BCUT2D eigenvalue weighted by molar-refractivity contribution is 0.0901. The van der Waals surface area contributed by atoms with Crippen molar-refractivity contribution >= 4 is 33.2 Å². The van der Waals surface area contributed by atoms with Gasteiger partial charge in [-0.05, 0) is 91.8 Å². The molecule has 3 saturated carbocycles. The molecule has 0 aliphatic heterocycles. The minimum Gasteiger partial charge on any atom is -0.349 e. The van der Waals surface area contributed by atoms with Gasteiger partial charge in [0.1, 0.15) is 5.82 Å². The second-order valence-electron chi connectivity index (χ2n) is 9.32. The maximum atomic E-state index is 13.2. The van der Waals surface area contributed by atoms with E-state index in [0.29, 0.717) is 23.4 Å².